The number of thiocarbonyl (C=S) groups is 1. The minimum atomic E-state index is -3.04. The number of nitrogens with one attached hydrogen (secondary N) is 1. The molecule has 0 aliphatic carbocycles. The largest absolute Gasteiger partial charge is 0.352 e. The molecule has 1 N–H and O–H groups in total. The predicted octanol–water partition coefficient (Wildman–Crippen LogP) is 2.14. The summed E-state index contributed by atoms with van der Waals surface area (Å²) in [7, 11) is -3.04. The Morgan fingerprint density at radius 3 is 2.75 bits per heavy atom. The summed E-state index contributed by atoms with van der Waals surface area (Å²) in [4.78, 5) is 26.5. The number of hydrogen-bond acceptors (Lipinski definition) is 6. The molecule has 1 aromatic rings. The highest BCUT2D eigenvalue weighted by Gasteiger charge is 2.32. The molecule has 2 heterocycles. The van der Waals surface area contributed by atoms with Gasteiger partial charge in [-0.1, -0.05) is 66.5 Å². The van der Waals surface area contributed by atoms with E-state index in [9.17, 15) is 18.0 Å². The number of nitrogens with zero attached hydrogens (tertiary/aromatic N) is 1. The van der Waals surface area contributed by atoms with Gasteiger partial charge >= 0.3 is 0 Å². The van der Waals surface area contributed by atoms with Crippen molar-refractivity contribution in [2.45, 2.75) is 18.9 Å². The van der Waals surface area contributed by atoms with Gasteiger partial charge in [0.15, 0.2) is 9.84 Å². The van der Waals surface area contributed by atoms with Crippen LogP contribution < -0.4 is 5.32 Å². The Kier molecular flexibility index (Phi) is 6.69. The van der Waals surface area contributed by atoms with Gasteiger partial charge in [-0.2, -0.15) is 0 Å². The number of amides is 2. The van der Waals surface area contributed by atoms with Crippen molar-refractivity contribution in [1.29, 1.82) is 0 Å². The Hall–Kier alpha value is -1.97. The maximum absolute atomic E-state index is 12.5. The van der Waals surface area contributed by atoms with Crippen LogP contribution in [0.5, 0.6) is 0 Å². The molecule has 0 bridgehead atoms. The normalized spacial score (nSPS) is 23.1. The van der Waals surface area contributed by atoms with E-state index in [1.54, 1.807) is 12.2 Å². The molecule has 0 spiro atoms. The number of hydrogen-bond donors (Lipinski definition) is 1. The lowest BCUT2D eigenvalue weighted by atomic mass is 10.2. The fraction of sp³-hybridized carbons (Fsp3) is 0.316. The van der Waals surface area contributed by atoms with Crippen molar-refractivity contribution in [2.75, 3.05) is 18.1 Å². The molecule has 1 aromatic carbocycles. The highest BCUT2D eigenvalue weighted by molar-refractivity contribution is 8.26. The van der Waals surface area contributed by atoms with E-state index < -0.39 is 9.84 Å². The van der Waals surface area contributed by atoms with Crippen LogP contribution in [0.3, 0.4) is 0 Å². The molecular weight excluding hydrogens is 416 g/mol. The number of sulfone groups is 1. The Morgan fingerprint density at radius 2 is 2.07 bits per heavy atom. The summed E-state index contributed by atoms with van der Waals surface area (Å²) < 4.78 is 23.3. The Balaban J connectivity index is 1.51. The number of allylic oxidation sites excluding steroid dienone is 2. The Bertz CT molecular complexity index is 939. The highest BCUT2D eigenvalue weighted by Crippen LogP contribution is 2.31. The first-order chi connectivity index (χ1) is 13.3. The average molecular weight is 437 g/mol. The molecule has 148 valence electrons. The second kappa shape index (κ2) is 9.02. The van der Waals surface area contributed by atoms with Gasteiger partial charge < -0.3 is 5.32 Å². The van der Waals surface area contributed by atoms with Crippen LogP contribution in [0.1, 0.15) is 18.4 Å². The van der Waals surface area contributed by atoms with Crippen LogP contribution in [0, 0.1) is 0 Å². The molecule has 2 saturated heterocycles. The van der Waals surface area contributed by atoms with E-state index in [0.717, 1.165) is 5.56 Å². The summed E-state index contributed by atoms with van der Waals surface area (Å²) in [6.07, 6.45) is 5.93. The van der Waals surface area contributed by atoms with E-state index in [1.807, 2.05) is 36.4 Å². The lowest BCUT2D eigenvalue weighted by molar-refractivity contribution is -0.124. The second-order valence-electron chi connectivity index (χ2n) is 6.54. The zero-order chi connectivity index (χ0) is 20.1. The molecule has 2 aliphatic rings. The van der Waals surface area contributed by atoms with Crippen LogP contribution in [0.15, 0.2) is 47.4 Å². The molecule has 0 aromatic heterocycles. The minimum absolute atomic E-state index is 0.0176. The van der Waals surface area contributed by atoms with Crippen LogP contribution in [0.2, 0.25) is 0 Å². The molecule has 9 heteroatoms. The summed E-state index contributed by atoms with van der Waals surface area (Å²) in [5, 5.41) is 2.72. The van der Waals surface area contributed by atoms with E-state index in [-0.39, 0.29) is 42.3 Å². The third-order valence-corrected chi connectivity index (χ3v) is 7.53. The van der Waals surface area contributed by atoms with E-state index in [0.29, 0.717) is 15.6 Å². The number of rotatable bonds is 6. The molecule has 3 rings (SSSR count). The SMILES string of the molecule is O=C(CCN1C(=O)/C(=C/C=C/c2ccccc2)SC1=S)NC1CCS(=O)(=O)C1. The van der Waals surface area contributed by atoms with Crippen LogP contribution in [-0.2, 0) is 19.4 Å². The molecule has 2 aliphatic heterocycles. The van der Waals surface area contributed by atoms with Crippen LogP contribution in [-0.4, -0.2) is 53.5 Å². The fourth-order valence-electron chi connectivity index (χ4n) is 2.94. The topological polar surface area (TPSA) is 83.6 Å². The summed E-state index contributed by atoms with van der Waals surface area (Å²) >= 11 is 6.46. The van der Waals surface area contributed by atoms with Crippen molar-refractivity contribution in [3.63, 3.8) is 0 Å². The van der Waals surface area contributed by atoms with Crippen LogP contribution in [0.25, 0.3) is 6.08 Å². The molecule has 2 amide bonds. The monoisotopic (exact) mass is 436 g/mol. The van der Waals surface area contributed by atoms with E-state index in [2.05, 4.69) is 5.32 Å². The summed E-state index contributed by atoms with van der Waals surface area (Å²) in [6, 6.07) is 9.39. The molecule has 1 unspecified atom stereocenters. The first-order valence-electron chi connectivity index (χ1n) is 8.81. The maximum Gasteiger partial charge on any atom is 0.266 e. The lowest BCUT2D eigenvalue weighted by Gasteiger charge is -2.15. The zero-order valence-corrected chi connectivity index (χ0v) is 17.5. The molecule has 0 saturated carbocycles. The van der Waals surface area contributed by atoms with Gasteiger partial charge in [0, 0.05) is 19.0 Å². The zero-order valence-electron chi connectivity index (χ0n) is 15.0. The first kappa shape index (κ1) is 20.8. The van der Waals surface area contributed by atoms with Gasteiger partial charge in [-0.3, -0.25) is 14.5 Å². The highest BCUT2D eigenvalue weighted by atomic mass is 32.2. The molecule has 6 nitrogen and oxygen atoms in total. The summed E-state index contributed by atoms with van der Waals surface area (Å²) in [5.74, 6) is -0.405. The van der Waals surface area contributed by atoms with Crippen molar-refractivity contribution < 1.29 is 18.0 Å². The standard InChI is InChI=1S/C19H20N2O4S3/c22-17(20-15-10-12-28(24,25)13-15)9-11-21-18(23)16(27-19(21)26)8-4-7-14-5-2-1-3-6-14/h1-8,15H,9-13H2,(H,20,22)/b7-4+,16-8-. The minimum Gasteiger partial charge on any atom is -0.352 e. The van der Waals surface area contributed by atoms with Gasteiger partial charge in [0.25, 0.3) is 5.91 Å². The average Bonchev–Trinajstić information content (AvgIpc) is 3.12. The van der Waals surface area contributed by atoms with Gasteiger partial charge in [0.05, 0.1) is 16.4 Å². The van der Waals surface area contributed by atoms with Crippen molar-refractivity contribution in [1.82, 2.24) is 10.2 Å². The number of thioether (sulfide) groups is 1. The van der Waals surface area contributed by atoms with Crippen molar-refractivity contribution >= 4 is 56.0 Å². The van der Waals surface area contributed by atoms with Crippen LogP contribution in [0.4, 0.5) is 0 Å². The summed E-state index contributed by atoms with van der Waals surface area (Å²) in [5.41, 5.74) is 1.03. The van der Waals surface area contributed by atoms with Crippen molar-refractivity contribution in [3.05, 3.63) is 53.0 Å². The third-order valence-electron chi connectivity index (χ3n) is 4.37. The van der Waals surface area contributed by atoms with E-state index >= 15 is 0 Å². The smallest absolute Gasteiger partial charge is 0.266 e. The maximum atomic E-state index is 12.5. The predicted molar refractivity (Wildman–Crippen MR) is 115 cm³/mol. The number of carbonyl (C=O) groups excluding carboxylic acids is 2. The Labute approximate surface area is 174 Å². The number of carbonyl (C=O) groups is 2. The molecule has 2 fully saturated rings. The van der Waals surface area contributed by atoms with E-state index in [4.69, 9.17) is 12.2 Å². The summed E-state index contributed by atoms with van der Waals surface area (Å²) in [6.45, 7) is 0.176. The molecule has 1 atom stereocenters. The van der Waals surface area contributed by atoms with Gasteiger partial charge in [-0.05, 0) is 18.1 Å². The van der Waals surface area contributed by atoms with Gasteiger partial charge in [-0.15, -0.1) is 0 Å². The first-order valence-corrected chi connectivity index (χ1v) is 11.9. The van der Waals surface area contributed by atoms with Gasteiger partial charge in [-0.25, -0.2) is 8.42 Å². The molecule has 28 heavy (non-hydrogen) atoms. The van der Waals surface area contributed by atoms with Crippen LogP contribution >= 0.6 is 24.0 Å². The second-order valence-corrected chi connectivity index (χ2v) is 10.4. The third kappa shape index (κ3) is 5.52. The van der Waals surface area contributed by atoms with Crippen molar-refractivity contribution in [2.24, 2.45) is 0 Å². The Morgan fingerprint density at radius 1 is 1.32 bits per heavy atom. The lowest BCUT2D eigenvalue weighted by Crippen LogP contribution is -2.38. The van der Waals surface area contributed by atoms with Gasteiger partial charge in [0.2, 0.25) is 5.91 Å². The van der Waals surface area contributed by atoms with Gasteiger partial charge in [0.1, 0.15) is 4.32 Å². The number of benzene rings is 1. The van der Waals surface area contributed by atoms with E-state index in [1.165, 1.54) is 16.7 Å². The fourth-order valence-corrected chi connectivity index (χ4v) is 5.87. The van der Waals surface area contributed by atoms with Crippen molar-refractivity contribution in [3.8, 4) is 0 Å². The molecular formula is C19H20N2O4S3. The quantitative estimate of drug-likeness (QED) is 0.543. The molecule has 0 radical (unpaired) electrons.